The summed E-state index contributed by atoms with van der Waals surface area (Å²) in [4.78, 5) is 14.2. The summed E-state index contributed by atoms with van der Waals surface area (Å²) in [6, 6.07) is 4.19. The molecular weight excluding hydrogens is 284 g/mol. The molecule has 1 aliphatic rings. The number of carbonyl (C=O) groups is 1. The number of Topliss-reactive ketones (excluding diaryl/α,β-unsaturated/α-hetero) is 1. The molecule has 4 heteroatoms. The lowest BCUT2D eigenvalue weighted by Crippen LogP contribution is -2.43. The maximum atomic E-state index is 11.8. The molecule has 2 rings (SSSR count). The van der Waals surface area contributed by atoms with Gasteiger partial charge in [0.15, 0.2) is 5.78 Å². The van der Waals surface area contributed by atoms with Crippen molar-refractivity contribution in [3.05, 3.63) is 40.9 Å². The molecule has 1 N–H and O–H groups in total. The largest absolute Gasteiger partial charge is 0.364 e. The first-order chi connectivity index (χ1) is 10.0. The highest BCUT2D eigenvalue weighted by molar-refractivity contribution is 6.31. The van der Waals surface area contributed by atoms with Crippen LogP contribution in [0.2, 0.25) is 5.02 Å². The van der Waals surface area contributed by atoms with Crippen LogP contribution in [0.3, 0.4) is 0 Å². The summed E-state index contributed by atoms with van der Waals surface area (Å²) >= 11 is 6.23. The fourth-order valence-electron chi connectivity index (χ4n) is 3.03. The third-order valence-corrected chi connectivity index (χ3v) is 4.33. The molecule has 1 aromatic carbocycles. The van der Waals surface area contributed by atoms with Gasteiger partial charge in [-0.05, 0) is 57.5 Å². The first-order valence-corrected chi connectivity index (χ1v) is 7.81. The lowest BCUT2D eigenvalue weighted by atomic mass is 9.99. The molecule has 1 saturated heterocycles. The number of hydrogen-bond acceptors (Lipinski definition) is 3. The number of halogens is 1. The number of carbonyl (C=O) groups excluding carboxylic acids is 1. The van der Waals surface area contributed by atoms with Crippen LogP contribution >= 0.6 is 11.6 Å². The van der Waals surface area contributed by atoms with Gasteiger partial charge in [-0.1, -0.05) is 17.7 Å². The minimum atomic E-state index is 0.0557. The summed E-state index contributed by atoms with van der Waals surface area (Å²) < 4.78 is 0. The van der Waals surface area contributed by atoms with Crippen molar-refractivity contribution in [2.24, 2.45) is 0 Å². The molecule has 1 aromatic rings. The van der Waals surface area contributed by atoms with Crippen LogP contribution in [0.15, 0.2) is 24.8 Å². The van der Waals surface area contributed by atoms with Gasteiger partial charge >= 0.3 is 0 Å². The van der Waals surface area contributed by atoms with E-state index in [9.17, 15) is 4.79 Å². The average Bonchev–Trinajstić information content (AvgIpc) is 2.47. The lowest BCUT2D eigenvalue weighted by molar-refractivity contribution is 0.101. The number of nitrogens with one attached hydrogen (secondary N) is 1. The second-order valence-electron chi connectivity index (χ2n) is 5.58. The van der Waals surface area contributed by atoms with Gasteiger partial charge in [-0.2, -0.15) is 0 Å². The van der Waals surface area contributed by atoms with E-state index in [1.807, 2.05) is 19.1 Å². The van der Waals surface area contributed by atoms with Crippen molar-refractivity contribution in [1.82, 2.24) is 5.32 Å². The smallest absolute Gasteiger partial charge is 0.160 e. The summed E-state index contributed by atoms with van der Waals surface area (Å²) in [7, 11) is 0. The third kappa shape index (κ3) is 3.66. The van der Waals surface area contributed by atoms with Crippen molar-refractivity contribution in [2.45, 2.75) is 32.7 Å². The van der Waals surface area contributed by atoms with Crippen molar-refractivity contribution >= 4 is 23.1 Å². The normalized spacial score (nSPS) is 15.8. The zero-order valence-corrected chi connectivity index (χ0v) is 13.5. The molecule has 21 heavy (non-hydrogen) atoms. The Balaban J connectivity index is 2.43. The molecule has 3 nitrogen and oxygen atoms in total. The Hall–Kier alpha value is -1.32. The van der Waals surface area contributed by atoms with Crippen molar-refractivity contribution in [2.75, 3.05) is 24.5 Å². The molecule has 0 amide bonds. The van der Waals surface area contributed by atoms with Crippen LogP contribution in [0.5, 0.6) is 0 Å². The minimum absolute atomic E-state index is 0.0557. The first-order valence-electron chi connectivity index (χ1n) is 7.44. The van der Waals surface area contributed by atoms with Gasteiger partial charge in [-0.25, -0.2) is 0 Å². The summed E-state index contributed by atoms with van der Waals surface area (Å²) in [5.74, 6) is 0.0557. The molecule has 0 unspecified atom stereocenters. The molecule has 1 aliphatic heterocycles. The number of piperidine rings is 1. The fraction of sp³-hybridized carbons (Fsp3) is 0.471. The van der Waals surface area contributed by atoms with Gasteiger partial charge in [-0.15, -0.1) is 6.58 Å². The summed E-state index contributed by atoms with van der Waals surface area (Å²) in [6.07, 6.45) is 4.10. The Morgan fingerprint density at radius 2 is 2.14 bits per heavy atom. The fourth-order valence-corrected chi connectivity index (χ4v) is 3.24. The molecule has 1 fully saturated rings. The molecule has 0 spiro atoms. The van der Waals surface area contributed by atoms with Gasteiger partial charge in [0, 0.05) is 28.9 Å². The molecule has 0 saturated carbocycles. The monoisotopic (exact) mass is 306 g/mol. The van der Waals surface area contributed by atoms with E-state index in [-0.39, 0.29) is 5.78 Å². The Morgan fingerprint density at radius 1 is 1.48 bits per heavy atom. The van der Waals surface area contributed by atoms with Crippen LogP contribution in [0, 0.1) is 6.92 Å². The average molecular weight is 307 g/mol. The highest BCUT2D eigenvalue weighted by atomic mass is 35.5. The van der Waals surface area contributed by atoms with Gasteiger partial charge in [0.05, 0.1) is 0 Å². The highest BCUT2D eigenvalue weighted by Crippen LogP contribution is 2.31. The van der Waals surface area contributed by atoms with Crippen molar-refractivity contribution < 1.29 is 4.79 Å². The van der Waals surface area contributed by atoms with E-state index >= 15 is 0 Å². The predicted octanol–water partition coefficient (Wildman–Crippen LogP) is 3.60. The maximum absolute atomic E-state index is 11.8. The van der Waals surface area contributed by atoms with Crippen LogP contribution in [0.1, 0.15) is 35.7 Å². The first kappa shape index (κ1) is 16.1. The Morgan fingerprint density at radius 3 is 2.71 bits per heavy atom. The summed E-state index contributed by atoms with van der Waals surface area (Å²) in [5, 5.41) is 4.00. The number of hydrogen-bond donors (Lipinski definition) is 1. The summed E-state index contributed by atoms with van der Waals surface area (Å²) in [6.45, 7) is 10.3. The van der Waals surface area contributed by atoms with Gasteiger partial charge < -0.3 is 10.2 Å². The van der Waals surface area contributed by atoms with Crippen LogP contribution in [-0.2, 0) is 0 Å². The molecule has 0 atom stereocenters. The topological polar surface area (TPSA) is 32.3 Å². The van der Waals surface area contributed by atoms with E-state index in [4.69, 9.17) is 11.6 Å². The zero-order chi connectivity index (χ0) is 15.4. The molecule has 0 bridgehead atoms. The number of rotatable bonds is 5. The SMILES string of the molecule is C=CCN(c1cc(Cl)cc(C(C)=O)c1C)C1CCNCC1. The van der Waals surface area contributed by atoms with Crippen molar-refractivity contribution in [1.29, 1.82) is 0 Å². The summed E-state index contributed by atoms with van der Waals surface area (Å²) in [5.41, 5.74) is 2.77. The van der Waals surface area contributed by atoms with Gasteiger partial charge in [0.1, 0.15) is 0 Å². The van der Waals surface area contributed by atoms with E-state index in [2.05, 4.69) is 16.8 Å². The van der Waals surface area contributed by atoms with Crippen LogP contribution < -0.4 is 10.2 Å². The van der Waals surface area contributed by atoms with E-state index in [1.165, 1.54) is 0 Å². The molecule has 0 aromatic heterocycles. The van der Waals surface area contributed by atoms with Crippen molar-refractivity contribution in [3.8, 4) is 0 Å². The second-order valence-corrected chi connectivity index (χ2v) is 6.01. The van der Waals surface area contributed by atoms with Crippen LogP contribution in [-0.4, -0.2) is 31.5 Å². The number of nitrogens with zero attached hydrogens (tertiary/aromatic N) is 1. The predicted molar refractivity (Wildman–Crippen MR) is 89.6 cm³/mol. The maximum Gasteiger partial charge on any atom is 0.160 e. The molecule has 0 aliphatic carbocycles. The van der Waals surface area contributed by atoms with E-state index in [0.717, 1.165) is 43.7 Å². The molecule has 0 radical (unpaired) electrons. The second kappa shape index (κ2) is 7.10. The Labute approximate surface area is 132 Å². The molecular formula is C17H23ClN2O. The Kier molecular flexibility index (Phi) is 5.43. The number of anilines is 1. The van der Waals surface area contributed by atoms with Gasteiger partial charge in [0.2, 0.25) is 0 Å². The molecule has 114 valence electrons. The standard InChI is InChI=1S/C17H23ClN2O/c1-4-9-20(15-5-7-19-8-6-15)17-11-14(18)10-16(12(17)2)13(3)21/h4,10-11,15,19H,1,5-9H2,2-3H3. The number of ketones is 1. The zero-order valence-electron chi connectivity index (χ0n) is 12.8. The van der Waals surface area contributed by atoms with E-state index < -0.39 is 0 Å². The number of benzene rings is 1. The van der Waals surface area contributed by atoms with Gasteiger partial charge in [-0.3, -0.25) is 4.79 Å². The highest BCUT2D eigenvalue weighted by Gasteiger charge is 2.23. The lowest BCUT2D eigenvalue weighted by Gasteiger charge is -2.37. The Bertz CT molecular complexity index is 536. The van der Waals surface area contributed by atoms with E-state index in [1.54, 1.807) is 13.0 Å². The molecule has 1 heterocycles. The minimum Gasteiger partial charge on any atom is -0.364 e. The van der Waals surface area contributed by atoms with Crippen LogP contribution in [0.4, 0.5) is 5.69 Å². The van der Waals surface area contributed by atoms with Gasteiger partial charge in [0.25, 0.3) is 0 Å². The third-order valence-electron chi connectivity index (χ3n) is 4.11. The van der Waals surface area contributed by atoms with Crippen molar-refractivity contribution in [3.63, 3.8) is 0 Å². The van der Waals surface area contributed by atoms with Crippen LogP contribution in [0.25, 0.3) is 0 Å². The quantitative estimate of drug-likeness (QED) is 0.666. The van der Waals surface area contributed by atoms with E-state index in [0.29, 0.717) is 16.6 Å².